The minimum atomic E-state index is -0.984. The van der Waals surface area contributed by atoms with E-state index < -0.39 is 17.0 Å². The van der Waals surface area contributed by atoms with Gasteiger partial charge in [-0.3, -0.25) is 9.59 Å². The number of Topliss-reactive ketones (excluding diaryl/α,β-unsaturated/α-hetero) is 1. The minimum Gasteiger partial charge on any atom is -0.310 e. The second-order valence-corrected chi connectivity index (χ2v) is 9.89. The van der Waals surface area contributed by atoms with Gasteiger partial charge in [0.05, 0.1) is 23.5 Å². The number of halogens is 2. The van der Waals surface area contributed by atoms with Gasteiger partial charge in [-0.15, -0.1) is 0 Å². The summed E-state index contributed by atoms with van der Waals surface area (Å²) >= 11 is 0. The van der Waals surface area contributed by atoms with Crippen molar-refractivity contribution in [1.82, 2.24) is 24.7 Å². The van der Waals surface area contributed by atoms with Crippen molar-refractivity contribution < 1.29 is 18.4 Å². The SMILES string of the molecule is CC1(C)C(=O)Nc2nc(-c3nn(Cc4ccccc4F)c4ncc(F)cc34)nc(C(=O)CC3CC3)c21. The summed E-state index contributed by atoms with van der Waals surface area (Å²) < 4.78 is 30.1. The first-order chi connectivity index (χ1) is 17.2. The van der Waals surface area contributed by atoms with Crippen molar-refractivity contribution in [3.63, 3.8) is 0 Å². The highest BCUT2D eigenvalue weighted by Crippen LogP contribution is 2.41. The van der Waals surface area contributed by atoms with Crippen molar-refractivity contribution >= 4 is 28.5 Å². The predicted octanol–water partition coefficient (Wildman–Crippen LogP) is 4.43. The van der Waals surface area contributed by atoms with Gasteiger partial charge in [0.2, 0.25) is 5.91 Å². The normalized spacial score (nSPS) is 16.3. The highest BCUT2D eigenvalue weighted by molar-refractivity contribution is 6.09. The molecule has 1 saturated carbocycles. The summed E-state index contributed by atoms with van der Waals surface area (Å²) in [6, 6.07) is 7.54. The van der Waals surface area contributed by atoms with Gasteiger partial charge in [0.25, 0.3) is 0 Å². The average Bonchev–Trinajstić information content (AvgIpc) is 3.54. The molecule has 1 amide bonds. The number of hydrogen-bond acceptors (Lipinski definition) is 6. The summed E-state index contributed by atoms with van der Waals surface area (Å²) in [6.07, 6.45) is 3.37. The fraction of sp³-hybridized carbons (Fsp3) is 0.308. The molecule has 10 heteroatoms. The Morgan fingerprint density at radius 3 is 2.72 bits per heavy atom. The third kappa shape index (κ3) is 3.64. The van der Waals surface area contributed by atoms with E-state index in [0.29, 0.717) is 34.5 Å². The Hall–Kier alpha value is -4.08. The number of fused-ring (bicyclic) bond motifs is 2. The standard InChI is InChI=1S/C26H22F2N6O2/c1-26(2)19-21(18(35)9-13-7-8-13)30-23(31-22(19)32-25(26)36)20-16-10-15(27)11-29-24(16)34(33-20)12-14-5-3-4-6-17(14)28/h3-6,10-11,13H,7-9,12H2,1-2H3,(H,30,31,32,36). The van der Waals surface area contributed by atoms with Crippen molar-refractivity contribution in [2.75, 3.05) is 5.32 Å². The van der Waals surface area contributed by atoms with Crippen LogP contribution in [0.15, 0.2) is 36.5 Å². The largest absolute Gasteiger partial charge is 0.310 e. The number of pyridine rings is 1. The van der Waals surface area contributed by atoms with E-state index in [1.165, 1.54) is 16.8 Å². The number of nitrogens with zero attached hydrogens (tertiary/aromatic N) is 5. The minimum absolute atomic E-state index is 0.0456. The zero-order chi connectivity index (χ0) is 25.2. The van der Waals surface area contributed by atoms with Crippen molar-refractivity contribution in [2.24, 2.45) is 5.92 Å². The maximum absolute atomic E-state index is 14.4. The summed E-state index contributed by atoms with van der Waals surface area (Å²) in [7, 11) is 0. The highest BCUT2D eigenvalue weighted by Gasteiger charge is 2.44. The van der Waals surface area contributed by atoms with Crippen molar-refractivity contribution in [2.45, 2.75) is 45.1 Å². The molecule has 0 atom stereocenters. The molecule has 2 aliphatic rings. The molecule has 1 aliphatic heterocycles. The Morgan fingerprint density at radius 1 is 1.19 bits per heavy atom. The van der Waals surface area contributed by atoms with E-state index in [1.807, 2.05) is 0 Å². The molecule has 0 unspecified atom stereocenters. The van der Waals surface area contributed by atoms with Gasteiger partial charge >= 0.3 is 0 Å². The number of benzene rings is 1. The number of amides is 1. The fourth-order valence-electron chi connectivity index (χ4n) is 4.61. The lowest BCUT2D eigenvalue weighted by molar-refractivity contribution is -0.119. The Kier molecular flexibility index (Phi) is 4.96. The Bertz CT molecular complexity index is 1570. The van der Waals surface area contributed by atoms with E-state index in [4.69, 9.17) is 0 Å². The molecule has 0 saturated heterocycles. The number of nitrogens with one attached hydrogen (secondary N) is 1. The third-order valence-electron chi connectivity index (χ3n) is 6.81. The molecule has 4 heterocycles. The van der Waals surface area contributed by atoms with Crippen LogP contribution in [0.1, 0.15) is 54.7 Å². The van der Waals surface area contributed by atoms with Crippen LogP contribution in [0.4, 0.5) is 14.6 Å². The summed E-state index contributed by atoms with van der Waals surface area (Å²) in [4.78, 5) is 39.3. The molecule has 3 aromatic heterocycles. The molecule has 0 bridgehead atoms. The van der Waals surface area contributed by atoms with Gasteiger partial charge < -0.3 is 5.32 Å². The van der Waals surface area contributed by atoms with Crippen molar-refractivity contribution in [1.29, 1.82) is 0 Å². The first-order valence-electron chi connectivity index (χ1n) is 11.8. The molecule has 0 spiro atoms. The number of aromatic nitrogens is 5. The van der Waals surface area contributed by atoms with Crippen molar-refractivity contribution in [3.05, 3.63) is 65.0 Å². The van der Waals surface area contributed by atoms with Gasteiger partial charge in [-0.05, 0) is 44.7 Å². The summed E-state index contributed by atoms with van der Waals surface area (Å²) in [5.41, 5.74) is 0.531. The maximum atomic E-state index is 14.4. The van der Waals surface area contributed by atoms with Crippen LogP contribution in [0.2, 0.25) is 0 Å². The summed E-state index contributed by atoms with van der Waals surface area (Å²) in [6.45, 7) is 3.50. The van der Waals surface area contributed by atoms with Crippen LogP contribution in [0.25, 0.3) is 22.6 Å². The molecule has 182 valence electrons. The maximum Gasteiger partial charge on any atom is 0.235 e. The molecule has 6 rings (SSSR count). The summed E-state index contributed by atoms with van der Waals surface area (Å²) in [5.74, 6) is -0.815. The number of ketones is 1. The van der Waals surface area contributed by atoms with Gasteiger partial charge in [-0.1, -0.05) is 18.2 Å². The summed E-state index contributed by atoms with van der Waals surface area (Å²) in [5, 5.41) is 7.64. The van der Waals surface area contributed by atoms with E-state index in [9.17, 15) is 18.4 Å². The zero-order valence-corrected chi connectivity index (χ0v) is 19.7. The number of carbonyl (C=O) groups excluding carboxylic acids is 2. The number of hydrogen-bond donors (Lipinski definition) is 1. The molecule has 0 radical (unpaired) electrons. The second kappa shape index (κ2) is 7.97. The third-order valence-corrected chi connectivity index (χ3v) is 6.81. The lowest BCUT2D eigenvalue weighted by atomic mass is 9.84. The van der Waals surface area contributed by atoms with Crippen LogP contribution in [0, 0.1) is 17.6 Å². The van der Waals surface area contributed by atoms with Crippen LogP contribution < -0.4 is 5.32 Å². The van der Waals surface area contributed by atoms with E-state index in [-0.39, 0.29) is 41.3 Å². The quantitative estimate of drug-likeness (QED) is 0.403. The first kappa shape index (κ1) is 22.4. The molecule has 36 heavy (non-hydrogen) atoms. The number of anilines is 1. The second-order valence-electron chi connectivity index (χ2n) is 9.89. The van der Waals surface area contributed by atoms with Crippen molar-refractivity contribution in [3.8, 4) is 11.5 Å². The molecule has 1 aromatic carbocycles. The smallest absolute Gasteiger partial charge is 0.235 e. The fourth-order valence-corrected chi connectivity index (χ4v) is 4.61. The van der Waals surface area contributed by atoms with Gasteiger partial charge in [0.1, 0.15) is 28.8 Å². The Morgan fingerprint density at radius 2 is 1.97 bits per heavy atom. The first-order valence-corrected chi connectivity index (χ1v) is 11.8. The highest BCUT2D eigenvalue weighted by atomic mass is 19.1. The number of carbonyl (C=O) groups is 2. The predicted molar refractivity (Wildman–Crippen MR) is 127 cm³/mol. The van der Waals surface area contributed by atoms with Gasteiger partial charge in [-0.2, -0.15) is 5.10 Å². The number of rotatable bonds is 6. The molecular weight excluding hydrogens is 466 g/mol. The van der Waals surface area contributed by atoms with Gasteiger partial charge in [0, 0.05) is 17.5 Å². The van der Waals surface area contributed by atoms with Gasteiger partial charge in [0.15, 0.2) is 17.3 Å². The monoisotopic (exact) mass is 488 g/mol. The average molecular weight is 488 g/mol. The van der Waals surface area contributed by atoms with E-state index >= 15 is 0 Å². The molecule has 4 aromatic rings. The van der Waals surface area contributed by atoms with Gasteiger partial charge in [-0.25, -0.2) is 28.4 Å². The van der Waals surface area contributed by atoms with Crippen LogP contribution in [0.3, 0.4) is 0 Å². The zero-order valence-electron chi connectivity index (χ0n) is 19.7. The lowest BCUT2D eigenvalue weighted by Crippen LogP contribution is -2.28. The van der Waals surface area contributed by atoms with Crippen LogP contribution in [0.5, 0.6) is 0 Å². The van der Waals surface area contributed by atoms with E-state index in [1.54, 1.807) is 32.0 Å². The topological polar surface area (TPSA) is 103 Å². The Balaban J connectivity index is 1.53. The molecular formula is C26H22F2N6O2. The molecule has 8 nitrogen and oxygen atoms in total. The molecule has 1 aliphatic carbocycles. The lowest BCUT2D eigenvalue weighted by Gasteiger charge is -2.17. The van der Waals surface area contributed by atoms with Crippen LogP contribution in [-0.4, -0.2) is 36.4 Å². The molecule has 1 N–H and O–H groups in total. The Labute approximate surface area is 204 Å². The van der Waals surface area contributed by atoms with Crippen LogP contribution in [-0.2, 0) is 16.8 Å². The van der Waals surface area contributed by atoms with E-state index in [0.717, 1.165) is 19.0 Å². The van der Waals surface area contributed by atoms with Crippen LogP contribution >= 0.6 is 0 Å². The van der Waals surface area contributed by atoms with E-state index in [2.05, 4.69) is 25.4 Å². The molecule has 1 fully saturated rings.